The lowest BCUT2D eigenvalue weighted by atomic mass is 9.34. The van der Waals surface area contributed by atoms with Gasteiger partial charge >= 0.3 is 0 Å². The van der Waals surface area contributed by atoms with E-state index in [0.717, 1.165) is 17.1 Å². The lowest BCUT2D eigenvalue weighted by Gasteiger charge is -2.36. The zero-order chi connectivity index (χ0) is 43.0. The number of fused-ring (bicyclic) bond motifs is 11. The van der Waals surface area contributed by atoms with E-state index in [1.807, 2.05) is 0 Å². The van der Waals surface area contributed by atoms with Crippen molar-refractivity contribution in [3.8, 4) is 33.6 Å². The van der Waals surface area contributed by atoms with Crippen LogP contribution in [0.15, 0.2) is 170 Å². The fourth-order valence-electron chi connectivity index (χ4n) is 11.9. The number of para-hydroxylation sites is 2. The molecule has 64 heavy (non-hydrogen) atoms. The summed E-state index contributed by atoms with van der Waals surface area (Å²) in [5, 5.41) is 8.00. The summed E-state index contributed by atoms with van der Waals surface area (Å²) in [6.07, 6.45) is 0. The largest absolute Gasteiger partial charge is 0.310 e. The lowest BCUT2D eigenvalue weighted by Crippen LogP contribution is -2.59. The molecule has 9 aromatic carbocycles. The average Bonchev–Trinajstić information content (AvgIpc) is 3.79. The number of hydrogen-bond acceptors (Lipinski definition) is 1. The van der Waals surface area contributed by atoms with Gasteiger partial charge in [0, 0.05) is 49.8 Å². The SMILES string of the molecule is CC(C)(C)c1ccc2c(c1)c1cc(C(C)(C)C)cc3c1n2-c1cc(N(c2ccccc2)c2ccccc2)cc2c1B3c1ccc3c4c5c6c(cccc6ccc5n-2c14)-c1ccccc1-3. The molecule has 304 valence electrons. The molecule has 0 saturated carbocycles. The topological polar surface area (TPSA) is 13.1 Å². The maximum atomic E-state index is 2.67. The Kier molecular flexibility index (Phi) is 6.93. The quantitative estimate of drug-likeness (QED) is 0.162. The molecular formula is C60H46BN3. The van der Waals surface area contributed by atoms with Gasteiger partial charge in [-0.15, -0.1) is 0 Å². The number of nitrogens with zero attached hydrogens (tertiary/aromatic N) is 3. The van der Waals surface area contributed by atoms with E-state index in [1.165, 1.54) is 116 Å². The molecule has 14 rings (SSSR count). The molecule has 3 aliphatic rings. The molecule has 0 amide bonds. The second-order valence-corrected chi connectivity index (χ2v) is 20.5. The standard InChI is InChI=1S/C60H46BN3/c1-59(2,3)36-25-29-49-45(30-36)46-31-37(60(4,5)6)32-48-57(46)63(49)51-33-40(62(38-17-9-7-10-18-38)39-19-11-8-12-20-39)34-52-56(51)61(48)47-27-26-44-42-22-14-13-21-41(42)43-23-15-16-35-24-28-50-55(53(35)43)54(44)58(47)64(50)52/h7-34H,1-6H3. The van der Waals surface area contributed by atoms with Gasteiger partial charge in [0.15, 0.2) is 0 Å². The van der Waals surface area contributed by atoms with Crippen LogP contribution >= 0.6 is 0 Å². The highest BCUT2D eigenvalue weighted by molar-refractivity contribution is 7.00. The zero-order valence-electron chi connectivity index (χ0n) is 37.1. The summed E-state index contributed by atoms with van der Waals surface area (Å²) < 4.78 is 5.31. The maximum absolute atomic E-state index is 2.67. The number of rotatable bonds is 3. The van der Waals surface area contributed by atoms with Crippen LogP contribution in [0, 0.1) is 0 Å². The van der Waals surface area contributed by atoms with Crippen LogP contribution in [-0.2, 0) is 10.8 Å². The minimum absolute atomic E-state index is 0.00707. The van der Waals surface area contributed by atoms with Crippen molar-refractivity contribution in [2.45, 2.75) is 52.4 Å². The number of hydrogen-bond donors (Lipinski definition) is 0. The van der Waals surface area contributed by atoms with E-state index in [0.29, 0.717) is 0 Å². The Bertz CT molecular complexity index is 3820. The minimum Gasteiger partial charge on any atom is -0.310 e. The van der Waals surface area contributed by atoms with Crippen LogP contribution in [0.5, 0.6) is 0 Å². The third kappa shape index (κ3) is 4.62. The summed E-state index contributed by atoms with van der Waals surface area (Å²) in [5.41, 5.74) is 23.1. The summed E-state index contributed by atoms with van der Waals surface area (Å²) >= 11 is 0. The van der Waals surface area contributed by atoms with Crippen molar-refractivity contribution in [1.82, 2.24) is 9.13 Å². The highest BCUT2D eigenvalue weighted by Gasteiger charge is 2.43. The highest BCUT2D eigenvalue weighted by Crippen LogP contribution is 2.51. The first kappa shape index (κ1) is 36.2. The minimum atomic E-state index is -0.0555. The number of aromatic nitrogens is 2. The van der Waals surface area contributed by atoms with Crippen LogP contribution in [0.2, 0.25) is 0 Å². The molecule has 0 atom stereocenters. The Balaban J connectivity index is 1.22. The Hall–Kier alpha value is -7.30. The molecule has 4 heteroatoms. The van der Waals surface area contributed by atoms with Crippen molar-refractivity contribution in [2.75, 3.05) is 4.90 Å². The monoisotopic (exact) mass is 819 g/mol. The van der Waals surface area contributed by atoms with Crippen LogP contribution < -0.4 is 21.3 Å². The summed E-state index contributed by atoms with van der Waals surface area (Å²) in [7, 11) is 0. The van der Waals surface area contributed by atoms with Crippen molar-refractivity contribution >= 4 is 94.5 Å². The van der Waals surface area contributed by atoms with Crippen molar-refractivity contribution in [3.05, 3.63) is 181 Å². The van der Waals surface area contributed by atoms with Crippen LogP contribution in [0.1, 0.15) is 52.7 Å². The predicted molar refractivity (Wildman–Crippen MR) is 274 cm³/mol. The normalized spacial score (nSPS) is 13.4. The Labute approximate surface area is 373 Å². The van der Waals surface area contributed by atoms with Gasteiger partial charge in [-0.1, -0.05) is 151 Å². The molecule has 4 heterocycles. The molecular weight excluding hydrogens is 773 g/mol. The van der Waals surface area contributed by atoms with Crippen LogP contribution in [0.4, 0.5) is 17.1 Å². The average molecular weight is 820 g/mol. The molecule has 1 aliphatic carbocycles. The van der Waals surface area contributed by atoms with E-state index < -0.39 is 0 Å². The van der Waals surface area contributed by atoms with Crippen molar-refractivity contribution in [1.29, 1.82) is 0 Å². The Morgan fingerprint density at radius 1 is 0.406 bits per heavy atom. The van der Waals surface area contributed by atoms with E-state index in [2.05, 4.69) is 225 Å². The molecule has 11 aromatic rings. The fraction of sp³-hybridized carbons (Fsp3) is 0.133. The molecule has 0 saturated heterocycles. The number of benzene rings is 9. The van der Waals surface area contributed by atoms with Gasteiger partial charge in [0.25, 0.3) is 6.71 Å². The zero-order valence-corrected chi connectivity index (χ0v) is 37.1. The summed E-state index contributed by atoms with van der Waals surface area (Å²) in [4.78, 5) is 2.45. The van der Waals surface area contributed by atoms with Crippen molar-refractivity contribution in [2.24, 2.45) is 0 Å². The summed E-state index contributed by atoms with van der Waals surface area (Å²) in [6.45, 7) is 14.1. The molecule has 0 N–H and O–H groups in total. The second kappa shape index (κ2) is 12.2. The van der Waals surface area contributed by atoms with Gasteiger partial charge < -0.3 is 14.0 Å². The number of anilines is 3. The maximum Gasteiger partial charge on any atom is 0.252 e. The van der Waals surface area contributed by atoms with Crippen LogP contribution in [0.25, 0.3) is 88.0 Å². The Morgan fingerprint density at radius 3 is 1.67 bits per heavy atom. The molecule has 0 radical (unpaired) electrons. The highest BCUT2D eigenvalue weighted by atomic mass is 15.2. The van der Waals surface area contributed by atoms with Crippen LogP contribution in [0.3, 0.4) is 0 Å². The molecule has 0 spiro atoms. The van der Waals surface area contributed by atoms with Crippen LogP contribution in [-0.4, -0.2) is 15.8 Å². The van der Waals surface area contributed by atoms with Crippen molar-refractivity contribution < 1.29 is 0 Å². The van der Waals surface area contributed by atoms with E-state index in [1.54, 1.807) is 0 Å². The van der Waals surface area contributed by atoms with Gasteiger partial charge in [0.1, 0.15) is 0 Å². The van der Waals surface area contributed by atoms with Gasteiger partial charge in [-0.25, -0.2) is 0 Å². The van der Waals surface area contributed by atoms with Gasteiger partial charge in [-0.2, -0.15) is 0 Å². The molecule has 0 unspecified atom stereocenters. The van der Waals surface area contributed by atoms with E-state index in [9.17, 15) is 0 Å². The summed E-state index contributed by atoms with van der Waals surface area (Å²) in [5.74, 6) is 0. The molecule has 3 nitrogen and oxygen atoms in total. The van der Waals surface area contributed by atoms with Crippen molar-refractivity contribution in [3.63, 3.8) is 0 Å². The van der Waals surface area contributed by atoms with Gasteiger partial charge in [0.05, 0.1) is 22.2 Å². The van der Waals surface area contributed by atoms with E-state index in [4.69, 9.17) is 0 Å². The summed E-state index contributed by atoms with van der Waals surface area (Å²) in [6, 6.07) is 64.9. The predicted octanol–water partition coefficient (Wildman–Crippen LogP) is 13.9. The molecule has 0 bridgehead atoms. The smallest absolute Gasteiger partial charge is 0.252 e. The molecule has 2 aliphatic heterocycles. The van der Waals surface area contributed by atoms with E-state index in [-0.39, 0.29) is 17.5 Å². The second-order valence-electron chi connectivity index (χ2n) is 20.5. The lowest BCUT2D eigenvalue weighted by molar-refractivity contribution is 0.590. The van der Waals surface area contributed by atoms with Gasteiger partial charge in [-0.05, 0) is 132 Å². The first-order valence-electron chi connectivity index (χ1n) is 22.9. The fourth-order valence-corrected chi connectivity index (χ4v) is 11.9. The first-order valence-corrected chi connectivity index (χ1v) is 22.9. The van der Waals surface area contributed by atoms with Gasteiger partial charge in [-0.3, -0.25) is 0 Å². The first-order chi connectivity index (χ1) is 31.0. The van der Waals surface area contributed by atoms with Gasteiger partial charge in [0.2, 0.25) is 0 Å². The molecule has 0 fully saturated rings. The Morgan fingerprint density at radius 2 is 1.00 bits per heavy atom. The molecule has 2 aromatic heterocycles. The van der Waals surface area contributed by atoms with E-state index >= 15 is 0 Å². The third-order valence-corrected chi connectivity index (χ3v) is 14.9. The third-order valence-electron chi connectivity index (χ3n) is 14.9.